The van der Waals surface area contributed by atoms with Gasteiger partial charge in [-0.05, 0) is 50.6 Å². The van der Waals surface area contributed by atoms with Gasteiger partial charge in [0.05, 0.1) is 5.41 Å². The number of rotatable bonds is 6. The molecule has 1 amide bonds. The Morgan fingerprint density at radius 1 is 1.26 bits per heavy atom. The maximum atomic E-state index is 12.6. The maximum Gasteiger partial charge on any atom is 0.230 e. The van der Waals surface area contributed by atoms with Crippen LogP contribution in [0.1, 0.15) is 24.8 Å². The van der Waals surface area contributed by atoms with Crippen LogP contribution in [0, 0.1) is 0 Å². The van der Waals surface area contributed by atoms with Crippen molar-refractivity contribution in [3.63, 3.8) is 0 Å². The third-order valence-corrected chi connectivity index (χ3v) is 5.33. The first-order chi connectivity index (χ1) is 11.1. The normalized spacial score (nSPS) is 21.1. The number of nitrogens with one attached hydrogen (secondary N) is 1. The van der Waals surface area contributed by atoms with Gasteiger partial charge in [0, 0.05) is 37.7 Å². The van der Waals surface area contributed by atoms with Crippen LogP contribution in [0.2, 0.25) is 5.02 Å². The fourth-order valence-corrected chi connectivity index (χ4v) is 3.49. The van der Waals surface area contributed by atoms with Gasteiger partial charge in [-0.1, -0.05) is 23.7 Å². The molecule has 1 saturated heterocycles. The van der Waals surface area contributed by atoms with Crippen LogP contribution < -0.4 is 5.32 Å². The van der Waals surface area contributed by atoms with E-state index in [1.807, 2.05) is 24.3 Å². The Balaban J connectivity index is 1.43. The SMILES string of the molecule is CN1CCN(CCCNC(=O)C2(c3cccc(Cl)c3)CC2)CC1. The van der Waals surface area contributed by atoms with Crippen LogP contribution in [0.4, 0.5) is 0 Å². The molecule has 0 bridgehead atoms. The summed E-state index contributed by atoms with van der Waals surface area (Å²) in [6.07, 6.45) is 2.87. The average Bonchev–Trinajstić information content (AvgIpc) is 3.35. The summed E-state index contributed by atoms with van der Waals surface area (Å²) in [4.78, 5) is 17.4. The van der Waals surface area contributed by atoms with Gasteiger partial charge in [-0.25, -0.2) is 0 Å². The second kappa shape index (κ2) is 7.20. The number of hydrogen-bond donors (Lipinski definition) is 1. The lowest BCUT2D eigenvalue weighted by molar-refractivity contribution is -0.123. The van der Waals surface area contributed by atoms with Crippen molar-refractivity contribution in [3.05, 3.63) is 34.9 Å². The fraction of sp³-hybridized carbons (Fsp3) is 0.611. The Kier molecular flexibility index (Phi) is 5.24. The number of piperazine rings is 1. The first-order valence-electron chi connectivity index (χ1n) is 8.55. The van der Waals surface area contributed by atoms with Gasteiger partial charge in [-0.3, -0.25) is 4.79 Å². The topological polar surface area (TPSA) is 35.6 Å². The van der Waals surface area contributed by atoms with Gasteiger partial charge in [0.2, 0.25) is 5.91 Å². The Labute approximate surface area is 143 Å². The van der Waals surface area contributed by atoms with Crippen LogP contribution in [0.5, 0.6) is 0 Å². The molecule has 3 rings (SSSR count). The summed E-state index contributed by atoms with van der Waals surface area (Å²) < 4.78 is 0. The van der Waals surface area contributed by atoms with Crippen LogP contribution in [0.25, 0.3) is 0 Å². The smallest absolute Gasteiger partial charge is 0.230 e. The van der Waals surface area contributed by atoms with Gasteiger partial charge in [0.25, 0.3) is 0 Å². The van der Waals surface area contributed by atoms with E-state index < -0.39 is 0 Å². The molecule has 0 radical (unpaired) electrons. The van der Waals surface area contributed by atoms with Gasteiger partial charge in [0.15, 0.2) is 0 Å². The highest BCUT2D eigenvalue weighted by atomic mass is 35.5. The largest absolute Gasteiger partial charge is 0.355 e. The number of carbonyl (C=O) groups is 1. The Morgan fingerprint density at radius 3 is 2.65 bits per heavy atom. The van der Waals surface area contributed by atoms with Crippen LogP contribution in [0.15, 0.2) is 24.3 Å². The Bertz CT molecular complexity index is 551. The van der Waals surface area contributed by atoms with Gasteiger partial charge in [0.1, 0.15) is 0 Å². The average molecular weight is 336 g/mol. The monoisotopic (exact) mass is 335 g/mol. The molecule has 2 fully saturated rings. The number of benzene rings is 1. The van der Waals surface area contributed by atoms with Crippen LogP contribution in [0.3, 0.4) is 0 Å². The van der Waals surface area contributed by atoms with Crippen molar-refractivity contribution in [2.75, 3.05) is 46.3 Å². The van der Waals surface area contributed by atoms with Crippen molar-refractivity contribution < 1.29 is 4.79 Å². The molecule has 1 aromatic rings. The van der Waals surface area contributed by atoms with Crippen LogP contribution >= 0.6 is 11.6 Å². The molecule has 0 atom stereocenters. The molecule has 0 aromatic heterocycles. The lowest BCUT2D eigenvalue weighted by atomic mass is 9.95. The highest BCUT2D eigenvalue weighted by molar-refractivity contribution is 6.30. The minimum atomic E-state index is -0.321. The Hall–Kier alpha value is -1.10. The second-order valence-corrected chi connectivity index (χ2v) is 7.28. The quantitative estimate of drug-likeness (QED) is 0.809. The van der Waals surface area contributed by atoms with E-state index in [2.05, 4.69) is 22.2 Å². The molecule has 1 aromatic carbocycles. The van der Waals surface area contributed by atoms with E-state index in [0.717, 1.165) is 64.1 Å². The standard InChI is InChI=1S/C18H26ClN3O/c1-21-10-12-22(13-11-21)9-3-8-20-17(23)18(6-7-18)15-4-2-5-16(19)14-15/h2,4-5,14H,3,6-13H2,1H3,(H,20,23). The Morgan fingerprint density at radius 2 is 2.00 bits per heavy atom. The molecule has 1 N–H and O–H groups in total. The van der Waals surface area contributed by atoms with E-state index in [0.29, 0.717) is 5.02 Å². The van der Waals surface area contributed by atoms with Crippen molar-refractivity contribution in [1.82, 2.24) is 15.1 Å². The lowest BCUT2D eigenvalue weighted by Crippen LogP contribution is -2.45. The summed E-state index contributed by atoms with van der Waals surface area (Å²) in [5, 5.41) is 3.84. The van der Waals surface area contributed by atoms with Crippen molar-refractivity contribution in [1.29, 1.82) is 0 Å². The predicted molar refractivity (Wildman–Crippen MR) is 93.9 cm³/mol. The molecule has 0 unspecified atom stereocenters. The molecule has 1 saturated carbocycles. The first kappa shape index (κ1) is 16.7. The van der Waals surface area contributed by atoms with Gasteiger partial charge in [-0.15, -0.1) is 0 Å². The molecule has 5 heteroatoms. The van der Waals surface area contributed by atoms with Crippen molar-refractivity contribution in [2.24, 2.45) is 0 Å². The minimum Gasteiger partial charge on any atom is -0.355 e. The van der Waals surface area contributed by atoms with Crippen molar-refractivity contribution in [2.45, 2.75) is 24.7 Å². The highest BCUT2D eigenvalue weighted by Gasteiger charge is 2.51. The zero-order valence-electron chi connectivity index (χ0n) is 13.9. The summed E-state index contributed by atoms with van der Waals surface area (Å²) >= 11 is 6.07. The number of likely N-dealkylation sites (N-methyl/N-ethyl adjacent to an activating group) is 1. The van der Waals surface area contributed by atoms with Crippen LogP contribution in [-0.4, -0.2) is 62.0 Å². The van der Waals surface area contributed by atoms with Gasteiger partial charge >= 0.3 is 0 Å². The fourth-order valence-electron chi connectivity index (χ4n) is 3.30. The molecule has 1 heterocycles. The van der Waals surface area contributed by atoms with Crippen molar-refractivity contribution >= 4 is 17.5 Å². The van der Waals surface area contributed by atoms with Crippen LogP contribution in [-0.2, 0) is 10.2 Å². The molecule has 1 aliphatic carbocycles. The molecule has 4 nitrogen and oxygen atoms in total. The molecule has 0 spiro atoms. The number of nitrogens with zero attached hydrogens (tertiary/aromatic N) is 2. The van der Waals surface area contributed by atoms with Crippen molar-refractivity contribution in [3.8, 4) is 0 Å². The van der Waals surface area contributed by atoms with E-state index in [4.69, 9.17) is 11.6 Å². The van der Waals surface area contributed by atoms with Gasteiger partial charge in [-0.2, -0.15) is 0 Å². The maximum absolute atomic E-state index is 12.6. The first-order valence-corrected chi connectivity index (χ1v) is 8.93. The number of halogens is 1. The summed E-state index contributed by atoms with van der Waals surface area (Å²) in [6, 6.07) is 7.73. The highest BCUT2D eigenvalue weighted by Crippen LogP contribution is 2.48. The summed E-state index contributed by atoms with van der Waals surface area (Å²) in [5.74, 6) is 0.165. The molecule has 126 valence electrons. The lowest BCUT2D eigenvalue weighted by Gasteiger charge is -2.32. The predicted octanol–water partition coefficient (Wildman–Crippen LogP) is 2.13. The molecule has 1 aliphatic heterocycles. The number of amides is 1. The number of hydrogen-bond acceptors (Lipinski definition) is 3. The third-order valence-electron chi connectivity index (χ3n) is 5.09. The zero-order chi connectivity index (χ0) is 16.3. The van der Waals surface area contributed by atoms with E-state index in [1.165, 1.54) is 0 Å². The van der Waals surface area contributed by atoms with E-state index in [1.54, 1.807) is 0 Å². The second-order valence-electron chi connectivity index (χ2n) is 6.85. The third kappa shape index (κ3) is 4.06. The molecular weight excluding hydrogens is 310 g/mol. The molecule has 2 aliphatic rings. The van der Waals surface area contributed by atoms with E-state index in [-0.39, 0.29) is 11.3 Å². The molecule has 23 heavy (non-hydrogen) atoms. The summed E-state index contributed by atoms with van der Waals surface area (Å²) in [6.45, 7) is 6.38. The zero-order valence-corrected chi connectivity index (χ0v) is 14.6. The minimum absolute atomic E-state index is 0.165. The summed E-state index contributed by atoms with van der Waals surface area (Å²) in [5.41, 5.74) is 0.736. The van der Waals surface area contributed by atoms with E-state index in [9.17, 15) is 4.79 Å². The van der Waals surface area contributed by atoms with E-state index >= 15 is 0 Å². The number of carbonyl (C=O) groups excluding carboxylic acids is 1. The van der Waals surface area contributed by atoms with Gasteiger partial charge < -0.3 is 15.1 Å². The molecular formula is C18H26ClN3O. The summed E-state index contributed by atoms with van der Waals surface area (Å²) in [7, 11) is 2.17.